The summed E-state index contributed by atoms with van der Waals surface area (Å²) >= 11 is 1.43. The minimum atomic E-state index is -0.0576. The van der Waals surface area contributed by atoms with Gasteiger partial charge in [-0.15, -0.1) is 11.8 Å². The van der Waals surface area contributed by atoms with Crippen LogP contribution in [-0.2, 0) is 18.3 Å². The number of carbonyl (C=O) groups is 1. The average Bonchev–Trinajstić information content (AvgIpc) is 2.70. The van der Waals surface area contributed by atoms with E-state index in [2.05, 4.69) is 23.5 Å². The van der Waals surface area contributed by atoms with Crippen LogP contribution in [0.5, 0.6) is 0 Å². The Morgan fingerprint density at radius 3 is 2.85 bits per heavy atom. The summed E-state index contributed by atoms with van der Waals surface area (Å²) in [4.78, 5) is 25.6. The fourth-order valence-corrected chi connectivity index (χ4v) is 4.66. The number of benzene rings is 2. The van der Waals surface area contributed by atoms with Gasteiger partial charge in [0.2, 0.25) is 5.91 Å². The molecule has 2 aromatic carbocycles. The Bertz CT molecular complexity index is 1060. The molecule has 4 nitrogen and oxygen atoms in total. The quantitative estimate of drug-likeness (QED) is 0.702. The molecule has 1 aromatic heterocycles. The van der Waals surface area contributed by atoms with Gasteiger partial charge in [-0.1, -0.05) is 42.5 Å². The van der Waals surface area contributed by atoms with E-state index in [1.807, 2.05) is 30.3 Å². The molecule has 5 heteroatoms. The number of hydrogen-bond donors (Lipinski definition) is 1. The summed E-state index contributed by atoms with van der Waals surface area (Å²) in [6.07, 6.45) is 3.15. The second kappa shape index (κ2) is 7.61. The van der Waals surface area contributed by atoms with Crippen LogP contribution in [0.4, 0.5) is 0 Å². The molecule has 4 rings (SSSR count). The highest BCUT2D eigenvalue weighted by molar-refractivity contribution is 8.00. The van der Waals surface area contributed by atoms with E-state index in [9.17, 15) is 9.59 Å². The zero-order valence-corrected chi connectivity index (χ0v) is 16.1. The first-order valence-electron chi connectivity index (χ1n) is 9.22. The van der Waals surface area contributed by atoms with Crippen LogP contribution in [0.15, 0.2) is 64.3 Å². The van der Waals surface area contributed by atoms with E-state index in [1.54, 1.807) is 17.7 Å². The standard InChI is InChI=1S/C22H22N2O2S/c1-24-19-12-5-4-10-17(19)20(13-22(24)26)27-14-21(25)23-18-11-6-8-15-7-2-3-9-16(15)18/h2-5,7,9-10,12-13,18H,6,8,11,14H2,1H3,(H,23,25). The molecule has 0 saturated heterocycles. The molecular weight excluding hydrogens is 356 g/mol. The maximum absolute atomic E-state index is 12.6. The summed E-state index contributed by atoms with van der Waals surface area (Å²) in [5, 5.41) is 4.18. The normalized spacial score (nSPS) is 16.1. The predicted octanol–water partition coefficient (Wildman–Crippen LogP) is 3.82. The van der Waals surface area contributed by atoms with Crippen molar-refractivity contribution in [1.82, 2.24) is 9.88 Å². The maximum Gasteiger partial charge on any atom is 0.251 e. The number of rotatable bonds is 4. The van der Waals surface area contributed by atoms with Gasteiger partial charge in [0.1, 0.15) is 0 Å². The highest BCUT2D eigenvalue weighted by Crippen LogP contribution is 2.30. The Labute approximate surface area is 162 Å². The van der Waals surface area contributed by atoms with Crippen LogP contribution in [0.2, 0.25) is 0 Å². The summed E-state index contributed by atoms with van der Waals surface area (Å²) in [6, 6.07) is 17.9. The van der Waals surface area contributed by atoms with Crippen LogP contribution >= 0.6 is 11.8 Å². The number of thioether (sulfide) groups is 1. The van der Waals surface area contributed by atoms with Gasteiger partial charge < -0.3 is 9.88 Å². The van der Waals surface area contributed by atoms with Crippen molar-refractivity contribution in [3.8, 4) is 0 Å². The van der Waals surface area contributed by atoms with E-state index >= 15 is 0 Å². The average molecular weight is 378 g/mol. The summed E-state index contributed by atoms with van der Waals surface area (Å²) in [5.74, 6) is 0.307. The zero-order valence-electron chi connectivity index (χ0n) is 15.3. The molecule has 3 aromatic rings. The lowest BCUT2D eigenvalue weighted by Gasteiger charge is -2.26. The third-order valence-corrected chi connectivity index (χ3v) is 6.23. The zero-order chi connectivity index (χ0) is 18.8. The largest absolute Gasteiger partial charge is 0.349 e. The first-order valence-corrected chi connectivity index (χ1v) is 10.2. The molecule has 0 spiro atoms. The van der Waals surface area contributed by atoms with E-state index in [-0.39, 0.29) is 17.5 Å². The number of pyridine rings is 1. The van der Waals surface area contributed by atoms with Gasteiger partial charge in [0, 0.05) is 23.4 Å². The molecule has 1 unspecified atom stereocenters. The maximum atomic E-state index is 12.6. The number of fused-ring (bicyclic) bond motifs is 2. The van der Waals surface area contributed by atoms with Gasteiger partial charge in [0.25, 0.3) is 5.56 Å². The van der Waals surface area contributed by atoms with Crippen LogP contribution in [0.25, 0.3) is 10.9 Å². The number of hydrogen-bond acceptors (Lipinski definition) is 3. The molecular formula is C22H22N2O2S. The molecule has 1 N–H and O–H groups in total. The van der Waals surface area contributed by atoms with Crippen molar-refractivity contribution in [3.05, 3.63) is 76.1 Å². The number of para-hydroxylation sites is 1. The summed E-state index contributed by atoms with van der Waals surface area (Å²) in [7, 11) is 1.77. The predicted molar refractivity (Wildman–Crippen MR) is 110 cm³/mol. The molecule has 0 bridgehead atoms. The van der Waals surface area contributed by atoms with E-state index in [1.165, 1.54) is 22.9 Å². The smallest absolute Gasteiger partial charge is 0.251 e. The van der Waals surface area contributed by atoms with Gasteiger partial charge in [-0.3, -0.25) is 9.59 Å². The number of aromatic nitrogens is 1. The first kappa shape index (κ1) is 17.9. The number of nitrogens with zero attached hydrogens (tertiary/aromatic N) is 1. The van der Waals surface area contributed by atoms with Gasteiger partial charge in [-0.05, 0) is 36.5 Å². The Morgan fingerprint density at radius 2 is 1.96 bits per heavy atom. The van der Waals surface area contributed by atoms with E-state index in [0.717, 1.165) is 35.1 Å². The van der Waals surface area contributed by atoms with Gasteiger partial charge in [0.05, 0.1) is 17.3 Å². The van der Waals surface area contributed by atoms with Crippen LogP contribution in [0, 0.1) is 0 Å². The molecule has 1 aliphatic rings. The molecule has 1 aliphatic carbocycles. The van der Waals surface area contributed by atoms with Crippen molar-refractivity contribution in [3.63, 3.8) is 0 Å². The molecule has 1 amide bonds. The Balaban J connectivity index is 1.49. The first-order chi connectivity index (χ1) is 13.1. The topological polar surface area (TPSA) is 51.1 Å². The van der Waals surface area contributed by atoms with Crippen LogP contribution < -0.4 is 10.9 Å². The molecule has 0 saturated carbocycles. The number of carbonyl (C=O) groups excluding carboxylic acids is 1. The van der Waals surface area contributed by atoms with Gasteiger partial charge in [0.15, 0.2) is 0 Å². The minimum absolute atomic E-state index is 0.00598. The van der Waals surface area contributed by atoms with Crippen molar-refractivity contribution >= 4 is 28.6 Å². The van der Waals surface area contributed by atoms with Gasteiger partial charge >= 0.3 is 0 Å². The lowest BCUT2D eigenvalue weighted by molar-refractivity contribution is -0.119. The Hall–Kier alpha value is -2.53. The third-order valence-electron chi connectivity index (χ3n) is 5.18. The van der Waals surface area contributed by atoms with Crippen molar-refractivity contribution in [2.75, 3.05) is 5.75 Å². The molecule has 1 atom stereocenters. The summed E-state index contributed by atoms with van der Waals surface area (Å²) in [5.41, 5.74) is 3.40. The molecule has 0 aliphatic heterocycles. The second-order valence-electron chi connectivity index (χ2n) is 6.92. The highest BCUT2D eigenvalue weighted by Gasteiger charge is 2.21. The molecule has 27 heavy (non-hydrogen) atoms. The Morgan fingerprint density at radius 1 is 1.19 bits per heavy atom. The van der Waals surface area contributed by atoms with Crippen molar-refractivity contribution < 1.29 is 4.79 Å². The van der Waals surface area contributed by atoms with E-state index < -0.39 is 0 Å². The number of amides is 1. The summed E-state index contributed by atoms with van der Waals surface area (Å²) in [6.45, 7) is 0. The van der Waals surface area contributed by atoms with Gasteiger partial charge in [-0.2, -0.15) is 0 Å². The SMILES string of the molecule is Cn1c(=O)cc(SCC(=O)NC2CCCc3ccccc32)c2ccccc21. The monoisotopic (exact) mass is 378 g/mol. The highest BCUT2D eigenvalue weighted by atomic mass is 32.2. The molecule has 138 valence electrons. The van der Waals surface area contributed by atoms with Crippen molar-refractivity contribution in [2.24, 2.45) is 7.05 Å². The third kappa shape index (κ3) is 3.65. The van der Waals surface area contributed by atoms with Crippen LogP contribution in [-0.4, -0.2) is 16.2 Å². The lowest BCUT2D eigenvalue weighted by Crippen LogP contribution is -2.32. The van der Waals surface area contributed by atoms with Crippen molar-refractivity contribution in [2.45, 2.75) is 30.2 Å². The minimum Gasteiger partial charge on any atom is -0.349 e. The molecule has 0 radical (unpaired) electrons. The summed E-state index contributed by atoms with van der Waals surface area (Å²) < 4.78 is 1.64. The Kier molecular flexibility index (Phi) is 5.03. The fourth-order valence-electron chi connectivity index (χ4n) is 3.78. The molecule has 1 heterocycles. The van der Waals surface area contributed by atoms with Crippen LogP contribution in [0.3, 0.4) is 0 Å². The fraction of sp³-hybridized carbons (Fsp3) is 0.273. The van der Waals surface area contributed by atoms with E-state index in [4.69, 9.17) is 0 Å². The number of nitrogens with one attached hydrogen (secondary N) is 1. The molecule has 0 fully saturated rings. The van der Waals surface area contributed by atoms with Gasteiger partial charge in [-0.25, -0.2) is 0 Å². The number of aryl methyl sites for hydroxylation is 2. The lowest BCUT2D eigenvalue weighted by atomic mass is 9.88. The second-order valence-corrected chi connectivity index (χ2v) is 7.94. The van der Waals surface area contributed by atoms with Crippen molar-refractivity contribution in [1.29, 1.82) is 0 Å². The van der Waals surface area contributed by atoms with E-state index in [0.29, 0.717) is 5.75 Å². The van der Waals surface area contributed by atoms with Crippen LogP contribution in [0.1, 0.15) is 30.0 Å².